The Kier molecular flexibility index (Phi) is 4.62. The summed E-state index contributed by atoms with van der Waals surface area (Å²) in [6.45, 7) is 12.0. The molecule has 1 aromatic rings. The van der Waals surface area contributed by atoms with Gasteiger partial charge in [0.15, 0.2) is 11.5 Å². The maximum atomic E-state index is 12.1. The first-order valence-corrected chi connectivity index (χ1v) is 6.76. The Hall–Kier alpha value is -1.39. The van der Waals surface area contributed by atoms with E-state index in [0.29, 0.717) is 11.3 Å². The topological polar surface area (TPSA) is 72.6 Å². The number of ketones is 1. The van der Waals surface area contributed by atoms with Crippen molar-refractivity contribution >= 4 is 5.78 Å². The number of carbonyl (C=O) groups excluding carboxylic acids is 1. The molecule has 0 aromatic heterocycles. The molecule has 0 saturated heterocycles. The maximum Gasteiger partial charge on any atom is 0.176 e. The molecule has 0 radical (unpaired) electrons. The van der Waals surface area contributed by atoms with E-state index in [1.807, 2.05) is 41.5 Å². The van der Waals surface area contributed by atoms with Gasteiger partial charge in [-0.05, 0) is 28.5 Å². The summed E-state index contributed by atoms with van der Waals surface area (Å²) in [6, 6.07) is 3.53. The minimum Gasteiger partial charge on any atom is -0.340 e. The van der Waals surface area contributed by atoms with E-state index in [9.17, 15) is 4.79 Å². The van der Waals surface area contributed by atoms with E-state index < -0.39 is 0 Å². The molecule has 1 rings (SSSR count). The predicted octanol–water partition coefficient (Wildman–Crippen LogP) is 3.27. The van der Waals surface area contributed by atoms with Gasteiger partial charge in [-0.2, -0.15) is 0 Å². The summed E-state index contributed by atoms with van der Waals surface area (Å²) in [5, 5.41) is 9.15. The fourth-order valence-electron chi connectivity index (χ4n) is 2.20. The molecule has 112 valence electrons. The van der Waals surface area contributed by atoms with E-state index in [1.54, 1.807) is 12.1 Å². The number of benzene rings is 1. The van der Waals surface area contributed by atoms with Crippen molar-refractivity contribution in [2.45, 2.75) is 52.4 Å². The van der Waals surface area contributed by atoms with Gasteiger partial charge in [0.25, 0.3) is 0 Å². The molecule has 0 saturated carbocycles. The lowest BCUT2D eigenvalue weighted by molar-refractivity contribution is -0.138. The van der Waals surface area contributed by atoms with Gasteiger partial charge in [0.05, 0.1) is 6.54 Å². The smallest absolute Gasteiger partial charge is 0.176 e. The highest BCUT2D eigenvalue weighted by Crippen LogP contribution is 2.37. The summed E-state index contributed by atoms with van der Waals surface area (Å²) in [4.78, 5) is 16.7. The van der Waals surface area contributed by atoms with Crippen LogP contribution in [0.25, 0.3) is 0 Å². The number of hydrogen-bond donors (Lipinski definition) is 2. The van der Waals surface area contributed by atoms with Crippen LogP contribution in [0.3, 0.4) is 0 Å². The first kappa shape index (κ1) is 16.7. The van der Waals surface area contributed by atoms with Crippen molar-refractivity contribution in [2.75, 3.05) is 6.54 Å². The second kappa shape index (κ2) is 5.54. The van der Waals surface area contributed by atoms with Gasteiger partial charge in [0.1, 0.15) is 0 Å². The molecule has 0 fully saturated rings. The fraction of sp³-hybridized carbons (Fsp3) is 0.562. The van der Waals surface area contributed by atoms with Crippen LogP contribution in [0.4, 0.5) is 0 Å². The Labute approximate surface area is 120 Å². The van der Waals surface area contributed by atoms with Crippen LogP contribution in [-0.4, -0.2) is 17.6 Å². The van der Waals surface area contributed by atoms with Crippen LogP contribution >= 0.6 is 0 Å². The van der Waals surface area contributed by atoms with Gasteiger partial charge in [-0.1, -0.05) is 41.5 Å². The van der Waals surface area contributed by atoms with Crippen LogP contribution in [0.15, 0.2) is 12.1 Å². The van der Waals surface area contributed by atoms with Crippen molar-refractivity contribution in [1.82, 2.24) is 0 Å². The van der Waals surface area contributed by atoms with Crippen LogP contribution in [0.2, 0.25) is 0 Å². The molecule has 4 nitrogen and oxygen atoms in total. The fourth-order valence-corrected chi connectivity index (χ4v) is 2.20. The van der Waals surface area contributed by atoms with Crippen molar-refractivity contribution in [3.05, 3.63) is 28.8 Å². The molecule has 0 amide bonds. The first-order chi connectivity index (χ1) is 9.02. The minimum atomic E-state index is -0.252. The highest BCUT2D eigenvalue weighted by atomic mass is 17.1. The van der Waals surface area contributed by atoms with Crippen molar-refractivity contribution in [2.24, 2.45) is 5.73 Å². The van der Waals surface area contributed by atoms with Crippen molar-refractivity contribution in [3.63, 3.8) is 0 Å². The number of carbonyl (C=O) groups is 1. The summed E-state index contributed by atoms with van der Waals surface area (Å²) >= 11 is 0. The average molecular weight is 279 g/mol. The first-order valence-electron chi connectivity index (χ1n) is 6.76. The van der Waals surface area contributed by atoms with Crippen LogP contribution in [0.5, 0.6) is 5.75 Å². The van der Waals surface area contributed by atoms with Crippen molar-refractivity contribution in [1.29, 1.82) is 0 Å². The molecule has 0 aliphatic carbocycles. The minimum absolute atomic E-state index is 0.0357. The number of hydrogen-bond acceptors (Lipinski definition) is 4. The molecular weight excluding hydrogens is 254 g/mol. The average Bonchev–Trinajstić information content (AvgIpc) is 2.34. The molecule has 20 heavy (non-hydrogen) atoms. The lowest BCUT2D eigenvalue weighted by atomic mass is 9.78. The Balaban J connectivity index is 3.67. The Morgan fingerprint density at radius 2 is 1.60 bits per heavy atom. The predicted molar refractivity (Wildman–Crippen MR) is 80.5 cm³/mol. The van der Waals surface area contributed by atoms with Gasteiger partial charge in [-0.15, -0.1) is 0 Å². The van der Waals surface area contributed by atoms with Crippen LogP contribution in [-0.2, 0) is 10.8 Å². The molecule has 0 heterocycles. The molecule has 0 aliphatic rings. The molecule has 3 N–H and O–H groups in total. The summed E-state index contributed by atoms with van der Waals surface area (Å²) in [7, 11) is 0. The highest BCUT2D eigenvalue weighted by Gasteiger charge is 2.28. The van der Waals surface area contributed by atoms with Gasteiger partial charge < -0.3 is 10.6 Å². The monoisotopic (exact) mass is 279 g/mol. The zero-order chi connectivity index (χ0) is 15.7. The van der Waals surface area contributed by atoms with E-state index in [0.717, 1.165) is 11.1 Å². The van der Waals surface area contributed by atoms with Crippen molar-refractivity contribution < 1.29 is 14.9 Å². The normalized spacial score (nSPS) is 12.4. The lowest BCUT2D eigenvalue weighted by Gasteiger charge is -2.27. The summed E-state index contributed by atoms with van der Waals surface area (Å²) in [5.74, 6) is 0.279. The van der Waals surface area contributed by atoms with E-state index >= 15 is 0 Å². The van der Waals surface area contributed by atoms with Crippen LogP contribution < -0.4 is 10.6 Å². The van der Waals surface area contributed by atoms with Gasteiger partial charge in [0, 0.05) is 11.1 Å². The number of Topliss-reactive ketones (excluding diaryl/α,β-unsaturated/α-hetero) is 1. The quantitative estimate of drug-likeness (QED) is 0.506. The zero-order valence-corrected chi connectivity index (χ0v) is 13.2. The Morgan fingerprint density at radius 3 is 1.95 bits per heavy atom. The summed E-state index contributed by atoms with van der Waals surface area (Å²) in [6.07, 6.45) is 0. The molecule has 0 aliphatic heterocycles. The molecular formula is C16H25NO3. The second-order valence-corrected chi connectivity index (χ2v) is 7.11. The van der Waals surface area contributed by atoms with Crippen molar-refractivity contribution in [3.8, 4) is 5.75 Å². The third-order valence-electron chi connectivity index (χ3n) is 3.32. The standard InChI is InChI=1S/C16H25NO3/c1-15(2,3)11-8-14(20-19)12(16(4,5)6)7-10(11)13(18)9-17/h7-8,19H,9,17H2,1-6H3. The van der Waals surface area contributed by atoms with E-state index in [1.165, 1.54) is 0 Å². The third kappa shape index (κ3) is 3.38. The molecule has 0 bridgehead atoms. The van der Waals surface area contributed by atoms with E-state index in [-0.39, 0.29) is 23.2 Å². The summed E-state index contributed by atoms with van der Waals surface area (Å²) in [5.41, 5.74) is 7.23. The van der Waals surface area contributed by atoms with E-state index in [2.05, 4.69) is 4.89 Å². The lowest BCUT2D eigenvalue weighted by Crippen LogP contribution is -2.24. The van der Waals surface area contributed by atoms with Crippen LogP contribution in [0.1, 0.15) is 63.0 Å². The molecule has 0 atom stereocenters. The molecule has 0 unspecified atom stereocenters. The Bertz CT molecular complexity index is 508. The summed E-state index contributed by atoms with van der Waals surface area (Å²) < 4.78 is 0. The van der Waals surface area contributed by atoms with Gasteiger partial charge in [-0.3, -0.25) is 4.79 Å². The van der Waals surface area contributed by atoms with Crippen LogP contribution in [0, 0.1) is 0 Å². The third-order valence-corrected chi connectivity index (χ3v) is 3.32. The SMILES string of the molecule is CC(C)(C)c1cc(C(=O)CN)c(C(C)(C)C)cc1OO. The van der Waals surface area contributed by atoms with Gasteiger partial charge in [-0.25, -0.2) is 5.26 Å². The number of nitrogens with two attached hydrogens (primary N) is 1. The largest absolute Gasteiger partial charge is 0.340 e. The second-order valence-electron chi connectivity index (χ2n) is 7.11. The van der Waals surface area contributed by atoms with Gasteiger partial charge in [0.2, 0.25) is 0 Å². The van der Waals surface area contributed by atoms with Gasteiger partial charge >= 0.3 is 0 Å². The molecule has 1 aromatic carbocycles. The maximum absolute atomic E-state index is 12.1. The zero-order valence-electron chi connectivity index (χ0n) is 13.2. The van der Waals surface area contributed by atoms with E-state index in [4.69, 9.17) is 11.0 Å². The number of rotatable bonds is 3. The Morgan fingerprint density at radius 1 is 1.10 bits per heavy atom. The highest BCUT2D eigenvalue weighted by molar-refractivity contribution is 5.99. The molecule has 0 spiro atoms. The molecule has 4 heteroatoms.